The van der Waals surface area contributed by atoms with Gasteiger partial charge in [0.1, 0.15) is 0 Å². The number of halogens is 3. The number of alkyl halides is 3. The summed E-state index contributed by atoms with van der Waals surface area (Å²) in [5, 5.41) is 2.05. The van der Waals surface area contributed by atoms with Crippen molar-refractivity contribution in [3.8, 4) is 5.75 Å². The topological polar surface area (TPSA) is 64.1 Å². The summed E-state index contributed by atoms with van der Waals surface area (Å²) in [6, 6.07) is 3.77. The molecule has 0 radical (unpaired) electrons. The van der Waals surface area contributed by atoms with Crippen LogP contribution in [-0.4, -0.2) is 28.7 Å². The molecule has 2 saturated carbocycles. The van der Waals surface area contributed by atoms with Crippen molar-refractivity contribution in [2.24, 2.45) is 5.92 Å². The van der Waals surface area contributed by atoms with Crippen LogP contribution in [0.4, 0.5) is 13.2 Å². The van der Waals surface area contributed by atoms with Crippen molar-refractivity contribution in [1.82, 2.24) is 15.3 Å². The molecule has 1 atom stereocenters. The molecule has 2 aromatic heterocycles. The van der Waals surface area contributed by atoms with Crippen molar-refractivity contribution in [3.05, 3.63) is 53.6 Å². The molecule has 0 spiro atoms. The lowest BCUT2D eigenvalue weighted by Crippen LogP contribution is -2.39. The maximum atomic E-state index is 13.6. The normalized spacial score (nSPS) is 17.8. The molecule has 0 aromatic carbocycles. The molecule has 0 saturated heterocycles. The van der Waals surface area contributed by atoms with Crippen LogP contribution >= 0.6 is 0 Å². The average molecular weight is 391 g/mol. The second-order valence-electron chi connectivity index (χ2n) is 7.31. The lowest BCUT2D eigenvalue weighted by atomic mass is 10.1. The molecule has 0 aliphatic heterocycles. The second kappa shape index (κ2) is 7.41. The number of carbonyl (C=O) groups excluding carboxylic acids is 1. The van der Waals surface area contributed by atoms with Gasteiger partial charge in [0.2, 0.25) is 0 Å². The minimum Gasteiger partial charge on any atom is -0.491 e. The number of carbonyl (C=O) groups is 1. The molecule has 2 heterocycles. The third-order valence-corrected chi connectivity index (χ3v) is 4.91. The number of ether oxygens (including phenoxy) is 1. The van der Waals surface area contributed by atoms with Crippen LogP contribution in [0.5, 0.6) is 5.75 Å². The molecule has 2 aliphatic rings. The SMILES string of the molecule is O=C(N[C@H](c1ccccn1)C(F)(F)F)c1nccc(C2CC2)c1OCC1CC1. The molecule has 0 bridgehead atoms. The fraction of sp³-hybridized carbons (Fsp3) is 0.450. The number of pyridine rings is 2. The third kappa shape index (κ3) is 4.26. The molecule has 1 amide bonds. The van der Waals surface area contributed by atoms with Gasteiger partial charge in [0.15, 0.2) is 17.5 Å². The van der Waals surface area contributed by atoms with Gasteiger partial charge in [0, 0.05) is 18.0 Å². The van der Waals surface area contributed by atoms with Crippen LogP contribution in [0.3, 0.4) is 0 Å². The molecule has 8 heteroatoms. The van der Waals surface area contributed by atoms with Crippen molar-refractivity contribution in [1.29, 1.82) is 0 Å². The van der Waals surface area contributed by atoms with Crippen LogP contribution < -0.4 is 10.1 Å². The zero-order chi connectivity index (χ0) is 19.7. The summed E-state index contributed by atoms with van der Waals surface area (Å²) in [7, 11) is 0. The van der Waals surface area contributed by atoms with Crippen LogP contribution in [0.25, 0.3) is 0 Å². The van der Waals surface area contributed by atoms with E-state index in [1.807, 2.05) is 0 Å². The van der Waals surface area contributed by atoms with Gasteiger partial charge in [-0.15, -0.1) is 0 Å². The van der Waals surface area contributed by atoms with Crippen molar-refractivity contribution in [3.63, 3.8) is 0 Å². The highest BCUT2D eigenvalue weighted by molar-refractivity contribution is 5.95. The molecule has 2 fully saturated rings. The number of nitrogens with one attached hydrogen (secondary N) is 1. The van der Waals surface area contributed by atoms with Crippen molar-refractivity contribution in [2.45, 2.75) is 43.8 Å². The minimum atomic E-state index is -4.69. The van der Waals surface area contributed by atoms with E-state index in [2.05, 4.69) is 15.3 Å². The van der Waals surface area contributed by atoms with E-state index in [1.165, 1.54) is 30.6 Å². The fourth-order valence-electron chi connectivity index (χ4n) is 3.05. The van der Waals surface area contributed by atoms with E-state index in [1.54, 1.807) is 6.07 Å². The highest BCUT2D eigenvalue weighted by Crippen LogP contribution is 2.45. The molecule has 1 N–H and O–H groups in total. The highest BCUT2D eigenvalue weighted by Gasteiger charge is 2.43. The Balaban J connectivity index is 1.61. The zero-order valence-electron chi connectivity index (χ0n) is 15.1. The van der Waals surface area contributed by atoms with Gasteiger partial charge in [-0.1, -0.05) is 6.07 Å². The van der Waals surface area contributed by atoms with Gasteiger partial charge >= 0.3 is 6.18 Å². The summed E-state index contributed by atoms with van der Waals surface area (Å²) in [6.07, 6.45) is 2.11. The Bertz CT molecular complexity index is 850. The predicted octanol–water partition coefficient (Wildman–Crippen LogP) is 4.18. The highest BCUT2D eigenvalue weighted by atomic mass is 19.4. The van der Waals surface area contributed by atoms with Crippen molar-refractivity contribution >= 4 is 5.91 Å². The summed E-state index contributed by atoms with van der Waals surface area (Å²) in [5.41, 5.74) is 0.472. The molecule has 4 rings (SSSR count). The van der Waals surface area contributed by atoms with Gasteiger partial charge in [0.25, 0.3) is 5.91 Å². The first kappa shape index (κ1) is 18.7. The Labute approximate surface area is 160 Å². The van der Waals surface area contributed by atoms with Gasteiger partial charge in [-0.2, -0.15) is 13.2 Å². The number of aromatic nitrogens is 2. The lowest BCUT2D eigenvalue weighted by molar-refractivity contribution is -0.156. The first-order chi connectivity index (χ1) is 13.4. The van der Waals surface area contributed by atoms with Crippen molar-refractivity contribution < 1.29 is 22.7 Å². The Hall–Kier alpha value is -2.64. The Morgan fingerprint density at radius 1 is 1.14 bits per heavy atom. The lowest BCUT2D eigenvalue weighted by Gasteiger charge is -2.22. The molecule has 2 aliphatic carbocycles. The van der Waals surface area contributed by atoms with Crippen LogP contribution in [0.2, 0.25) is 0 Å². The predicted molar refractivity (Wildman–Crippen MR) is 94.9 cm³/mol. The van der Waals surface area contributed by atoms with E-state index in [0.717, 1.165) is 31.2 Å². The van der Waals surface area contributed by atoms with E-state index < -0.39 is 18.1 Å². The molecule has 0 unspecified atom stereocenters. The maximum absolute atomic E-state index is 13.6. The van der Waals surface area contributed by atoms with Gasteiger partial charge < -0.3 is 10.1 Å². The molecule has 28 heavy (non-hydrogen) atoms. The molecule has 2 aromatic rings. The van der Waals surface area contributed by atoms with Crippen LogP contribution in [0.1, 0.15) is 59.4 Å². The zero-order valence-corrected chi connectivity index (χ0v) is 15.1. The Kier molecular flexibility index (Phi) is 4.95. The third-order valence-electron chi connectivity index (χ3n) is 4.91. The fourth-order valence-corrected chi connectivity index (χ4v) is 3.05. The Morgan fingerprint density at radius 3 is 2.54 bits per heavy atom. The van der Waals surface area contributed by atoms with E-state index in [4.69, 9.17) is 4.74 Å². The smallest absolute Gasteiger partial charge is 0.414 e. The van der Waals surface area contributed by atoms with Crippen molar-refractivity contribution in [2.75, 3.05) is 6.61 Å². The Morgan fingerprint density at radius 2 is 1.93 bits per heavy atom. The number of hydrogen-bond acceptors (Lipinski definition) is 4. The van der Waals surface area contributed by atoms with E-state index in [9.17, 15) is 18.0 Å². The summed E-state index contributed by atoms with van der Waals surface area (Å²) < 4.78 is 46.5. The van der Waals surface area contributed by atoms with E-state index in [-0.39, 0.29) is 17.3 Å². The molecular formula is C20H20F3N3O2. The first-order valence-corrected chi connectivity index (χ1v) is 9.33. The van der Waals surface area contributed by atoms with Crippen LogP contribution in [-0.2, 0) is 0 Å². The number of nitrogens with zero attached hydrogens (tertiary/aromatic N) is 2. The molecule has 148 valence electrons. The largest absolute Gasteiger partial charge is 0.491 e. The quantitative estimate of drug-likeness (QED) is 0.769. The summed E-state index contributed by atoms with van der Waals surface area (Å²) in [5.74, 6) is 0.121. The van der Waals surface area contributed by atoms with E-state index >= 15 is 0 Å². The molecular weight excluding hydrogens is 371 g/mol. The number of amides is 1. The van der Waals surface area contributed by atoms with Gasteiger partial charge in [-0.05, 0) is 55.7 Å². The van der Waals surface area contributed by atoms with E-state index in [0.29, 0.717) is 18.3 Å². The number of rotatable bonds is 7. The maximum Gasteiger partial charge on any atom is 0.414 e. The summed E-state index contributed by atoms with van der Waals surface area (Å²) in [6.45, 7) is 0.453. The number of hydrogen-bond donors (Lipinski definition) is 1. The first-order valence-electron chi connectivity index (χ1n) is 9.33. The van der Waals surface area contributed by atoms with Crippen LogP contribution in [0, 0.1) is 5.92 Å². The second-order valence-corrected chi connectivity index (χ2v) is 7.31. The van der Waals surface area contributed by atoms with Gasteiger partial charge in [0.05, 0.1) is 12.3 Å². The minimum absolute atomic E-state index is 0.102. The van der Waals surface area contributed by atoms with Gasteiger partial charge in [-0.3, -0.25) is 9.78 Å². The van der Waals surface area contributed by atoms with Crippen LogP contribution in [0.15, 0.2) is 36.7 Å². The summed E-state index contributed by atoms with van der Waals surface area (Å²) >= 11 is 0. The average Bonchev–Trinajstić information content (AvgIpc) is 3.57. The standard InChI is InChI=1S/C20H20F3N3O2/c21-20(22,23)18(15-3-1-2-9-24-15)26-19(27)16-17(28-11-12-4-5-12)14(8-10-25-16)13-6-7-13/h1-3,8-10,12-13,18H,4-7,11H2,(H,26,27)/t18-/m1/s1. The summed E-state index contributed by atoms with van der Waals surface area (Å²) in [4.78, 5) is 20.6. The molecule has 5 nitrogen and oxygen atoms in total. The van der Waals surface area contributed by atoms with Gasteiger partial charge in [-0.25, -0.2) is 4.98 Å². The monoisotopic (exact) mass is 391 g/mol.